The molecule has 0 aromatic heterocycles. The standard InChI is InChI=1S/C16H15ClF2/c1-2-3-4-11-5-6-15(16(19)7-11)12-8-13(17)10-14(18)9-12/h5-10H,2-4H2,1H3. The average Bonchev–Trinajstić information content (AvgIpc) is 2.35. The van der Waals surface area contributed by atoms with Gasteiger partial charge in [0.05, 0.1) is 0 Å². The summed E-state index contributed by atoms with van der Waals surface area (Å²) in [6.45, 7) is 2.10. The second-order valence-corrected chi connectivity index (χ2v) is 5.01. The van der Waals surface area contributed by atoms with Crippen LogP contribution in [-0.4, -0.2) is 0 Å². The third-order valence-electron chi connectivity index (χ3n) is 3.03. The van der Waals surface area contributed by atoms with E-state index >= 15 is 0 Å². The lowest BCUT2D eigenvalue weighted by Crippen LogP contribution is -1.90. The number of benzene rings is 2. The first-order chi connectivity index (χ1) is 9.10. The summed E-state index contributed by atoms with van der Waals surface area (Å²) in [6.07, 6.45) is 2.96. The van der Waals surface area contributed by atoms with Crippen LogP contribution in [0.3, 0.4) is 0 Å². The van der Waals surface area contributed by atoms with Crippen molar-refractivity contribution in [3.05, 3.63) is 58.6 Å². The van der Waals surface area contributed by atoms with Gasteiger partial charge >= 0.3 is 0 Å². The summed E-state index contributed by atoms with van der Waals surface area (Å²) in [5.41, 5.74) is 1.80. The normalized spacial score (nSPS) is 10.7. The van der Waals surface area contributed by atoms with Gasteiger partial charge in [-0.25, -0.2) is 8.78 Å². The van der Waals surface area contributed by atoms with Crippen molar-refractivity contribution in [2.75, 3.05) is 0 Å². The minimum absolute atomic E-state index is 0.268. The van der Waals surface area contributed by atoms with Crippen LogP contribution in [0, 0.1) is 11.6 Å². The molecule has 19 heavy (non-hydrogen) atoms. The summed E-state index contributed by atoms with van der Waals surface area (Å²) < 4.78 is 27.3. The largest absolute Gasteiger partial charge is 0.207 e. The first-order valence-corrected chi connectivity index (χ1v) is 6.73. The van der Waals surface area contributed by atoms with Gasteiger partial charge in [0.2, 0.25) is 0 Å². The van der Waals surface area contributed by atoms with Gasteiger partial charge in [0.1, 0.15) is 11.6 Å². The van der Waals surface area contributed by atoms with Crippen molar-refractivity contribution in [1.82, 2.24) is 0 Å². The maximum atomic E-state index is 14.1. The van der Waals surface area contributed by atoms with Crippen LogP contribution in [0.2, 0.25) is 5.02 Å². The van der Waals surface area contributed by atoms with Crippen molar-refractivity contribution >= 4 is 11.6 Å². The molecule has 0 amide bonds. The van der Waals surface area contributed by atoms with Crippen molar-refractivity contribution in [2.24, 2.45) is 0 Å². The van der Waals surface area contributed by atoms with Crippen molar-refractivity contribution in [3.63, 3.8) is 0 Å². The molecule has 0 aliphatic heterocycles. The first-order valence-electron chi connectivity index (χ1n) is 6.35. The van der Waals surface area contributed by atoms with Gasteiger partial charge in [-0.3, -0.25) is 0 Å². The number of unbranched alkanes of at least 4 members (excludes halogenated alkanes) is 1. The molecule has 0 spiro atoms. The summed E-state index contributed by atoms with van der Waals surface area (Å²) in [7, 11) is 0. The van der Waals surface area contributed by atoms with E-state index in [-0.39, 0.29) is 10.8 Å². The molecule has 0 radical (unpaired) electrons. The summed E-state index contributed by atoms with van der Waals surface area (Å²) in [5.74, 6) is -0.799. The van der Waals surface area contributed by atoms with Crippen LogP contribution in [0.4, 0.5) is 8.78 Å². The molecule has 2 aromatic rings. The van der Waals surface area contributed by atoms with Gasteiger partial charge in [-0.15, -0.1) is 0 Å². The molecule has 0 atom stereocenters. The second-order valence-electron chi connectivity index (χ2n) is 4.58. The Balaban J connectivity index is 2.34. The Bertz CT molecular complexity index is 559. The fourth-order valence-corrected chi connectivity index (χ4v) is 2.26. The maximum absolute atomic E-state index is 14.1. The molecule has 0 heterocycles. The van der Waals surface area contributed by atoms with Crippen LogP contribution in [0.15, 0.2) is 36.4 Å². The summed E-state index contributed by atoms with van der Waals surface area (Å²) >= 11 is 5.79. The third-order valence-corrected chi connectivity index (χ3v) is 3.24. The van der Waals surface area contributed by atoms with E-state index in [1.165, 1.54) is 18.2 Å². The van der Waals surface area contributed by atoms with Crippen molar-refractivity contribution < 1.29 is 8.78 Å². The van der Waals surface area contributed by atoms with Gasteiger partial charge in [0, 0.05) is 10.6 Å². The molecule has 0 saturated carbocycles. The average molecular weight is 281 g/mol. The molecular weight excluding hydrogens is 266 g/mol. The van der Waals surface area contributed by atoms with E-state index in [4.69, 9.17) is 11.6 Å². The SMILES string of the molecule is CCCCc1ccc(-c2cc(F)cc(Cl)c2)c(F)c1. The molecule has 0 unspecified atom stereocenters. The molecule has 0 aliphatic rings. The Hall–Kier alpha value is -1.41. The van der Waals surface area contributed by atoms with E-state index in [9.17, 15) is 8.78 Å². The van der Waals surface area contributed by atoms with E-state index in [0.717, 1.165) is 24.8 Å². The highest BCUT2D eigenvalue weighted by Crippen LogP contribution is 2.27. The number of hydrogen-bond donors (Lipinski definition) is 0. The van der Waals surface area contributed by atoms with Crippen LogP contribution >= 0.6 is 11.6 Å². The highest BCUT2D eigenvalue weighted by atomic mass is 35.5. The highest BCUT2D eigenvalue weighted by molar-refractivity contribution is 6.30. The summed E-state index contributed by atoms with van der Waals surface area (Å²) in [5, 5.41) is 0.268. The maximum Gasteiger partial charge on any atom is 0.131 e. The number of halogens is 3. The van der Waals surface area contributed by atoms with Crippen molar-refractivity contribution in [3.8, 4) is 11.1 Å². The van der Waals surface area contributed by atoms with Gasteiger partial charge in [-0.05, 0) is 48.2 Å². The van der Waals surface area contributed by atoms with Gasteiger partial charge in [-0.1, -0.05) is 37.1 Å². The lowest BCUT2D eigenvalue weighted by molar-refractivity contribution is 0.623. The van der Waals surface area contributed by atoms with E-state index in [1.54, 1.807) is 12.1 Å². The number of hydrogen-bond acceptors (Lipinski definition) is 0. The molecule has 2 aromatic carbocycles. The Morgan fingerprint density at radius 2 is 1.84 bits per heavy atom. The Labute approximate surface area is 117 Å². The minimum atomic E-state index is -0.461. The van der Waals surface area contributed by atoms with E-state index < -0.39 is 5.82 Å². The smallest absolute Gasteiger partial charge is 0.131 e. The predicted molar refractivity (Wildman–Crippen MR) is 75.4 cm³/mol. The van der Waals surface area contributed by atoms with Gasteiger partial charge in [0.15, 0.2) is 0 Å². The second kappa shape index (κ2) is 6.16. The zero-order chi connectivity index (χ0) is 13.8. The van der Waals surface area contributed by atoms with Crippen LogP contribution in [0.1, 0.15) is 25.3 Å². The molecule has 0 bridgehead atoms. The van der Waals surface area contributed by atoms with Gasteiger partial charge in [0.25, 0.3) is 0 Å². The molecule has 0 aliphatic carbocycles. The van der Waals surface area contributed by atoms with E-state index in [0.29, 0.717) is 11.1 Å². The highest BCUT2D eigenvalue weighted by Gasteiger charge is 2.08. The Kier molecular flexibility index (Phi) is 4.54. The van der Waals surface area contributed by atoms with Crippen LogP contribution in [0.25, 0.3) is 11.1 Å². The van der Waals surface area contributed by atoms with Gasteiger partial charge < -0.3 is 0 Å². The molecule has 0 nitrogen and oxygen atoms in total. The molecule has 0 saturated heterocycles. The van der Waals surface area contributed by atoms with Gasteiger partial charge in [-0.2, -0.15) is 0 Å². The van der Waals surface area contributed by atoms with Crippen LogP contribution in [0.5, 0.6) is 0 Å². The zero-order valence-electron chi connectivity index (χ0n) is 10.7. The Morgan fingerprint density at radius 3 is 2.47 bits per heavy atom. The quantitative estimate of drug-likeness (QED) is 0.681. The van der Waals surface area contributed by atoms with Crippen molar-refractivity contribution in [1.29, 1.82) is 0 Å². The lowest BCUT2D eigenvalue weighted by atomic mass is 10.0. The predicted octanol–water partition coefficient (Wildman–Crippen LogP) is 5.63. The summed E-state index contributed by atoms with van der Waals surface area (Å²) in [6, 6.07) is 9.14. The molecule has 0 N–H and O–H groups in total. The van der Waals surface area contributed by atoms with E-state index in [2.05, 4.69) is 6.92 Å². The third kappa shape index (κ3) is 3.54. The lowest BCUT2D eigenvalue weighted by Gasteiger charge is -2.07. The minimum Gasteiger partial charge on any atom is -0.207 e. The summed E-state index contributed by atoms with van der Waals surface area (Å²) in [4.78, 5) is 0. The monoisotopic (exact) mass is 280 g/mol. The topological polar surface area (TPSA) is 0 Å². The van der Waals surface area contributed by atoms with Crippen molar-refractivity contribution in [2.45, 2.75) is 26.2 Å². The molecular formula is C16H15ClF2. The fourth-order valence-electron chi connectivity index (χ4n) is 2.04. The Morgan fingerprint density at radius 1 is 1.05 bits per heavy atom. The molecule has 100 valence electrons. The van der Waals surface area contributed by atoms with Crippen LogP contribution < -0.4 is 0 Å². The van der Waals surface area contributed by atoms with Crippen LogP contribution in [-0.2, 0) is 6.42 Å². The number of aryl methyl sites for hydroxylation is 1. The zero-order valence-corrected chi connectivity index (χ0v) is 11.5. The number of rotatable bonds is 4. The van der Waals surface area contributed by atoms with E-state index in [1.807, 2.05) is 6.07 Å². The fraction of sp³-hybridized carbons (Fsp3) is 0.250. The molecule has 2 rings (SSSR count). The molecule has 3 heteroatoms. The molecule has 0 fully saturated rings. The first kappa shape index (κ1) is 14.0.